The van der Waals surface area contributed by atoms with Gasteiger partial charge in [0.15, 0.2) is 0 Å². The maximum absolute atomic E-state index is 13.6. The van der Waals surface area contributed by atoms with Crippen molar-refractivity contribution in [3.05, 3.63) is 81.8 Å². The van der Waals surface area contributed by atoms with Gasteiger partial charge in [0.05, 0.1) is 11.6 Å². The maximum Gasteiger partial charge on any atom is 0.319 e. The Labute approximate surface area is 225 Å². The van der Waals surface area contributed by atoms with Crippen molar-refractivity contribution in [2.45, 2.75) is 30.7 Å². The molecule has 11 heteroatoms. The summed E-state index contributed by atoms with van der Waals surface area (Å²) in [5.41, 5.74) is 1.94. The van der Waals surface area contributed by atoms with Crippen molar-refractivity contribution in [2.75, 3.05) is 18.4 Å². The first-order valence-corrected chi connectivity index (χ1v) is 13.7. The molecule has 1 aliphatic rings. The van der Waals surface area contributed by atoms with Crippen LogP contribution in [0.3, 0.4) is 0 Å². The number of urea groups is 1. The molecule has 8 nitrogen and oxygen atoms in total. The predicted molar refractivity (Wildman–Crippen MR) is 143 cm³/mol. The Morgan fingerprint density at radius 3 is 2.30 bits per heavy atom. The smallest absolute Gasteiger partial charge is 0.319 e. The van der Waals surface area contributed by atoms with Crippen molar-refractivity contribution in [1.82, 2.24) is 9.62 Å². The van der Waals surface area contributed by atoms with E-state index >= 15 is 0 Å². The van der Waals surface area contributed by atoms with Crippen LogP contribution in [0, 0.1) is 18.3 Å². The summed E-state index contributed by atoms with van der Waals surface area (Å²) in [7, 11) is -4.01. The summed E-state index contributed by atoms with van der Waals surface area (Å²) < 4.78 is 34.3. The van der Waals surface area contributed by atoms with E-state index in [0.29, 0.717) is 28.6 Å². The number of amides is 2. The van der Waals surface area contributed by atoms with Gasteiger partial charge in [0.1, 0.15) is 16.4 Å². The second-order valence-electron chi connectivity index (χ2n) is 8.62. The number of anilines is 1. The van der Waals surface area contributed by atoms with E-state index in [-0.39, 0.29) is 47.1 Å². The lowest BCUT2D eigenvalue weighted by molar-refractivity contribution is 0.238. The Bertz CT molecular complexity index is 1430. The van der Waals surface area contributed by atoms with E-state index < -0.39 is 10.0 Å². The van der Waals surface area contributed by atoms with Crippen LogP contribution in [0.1, 0.15) is 24.0 Å². The van der Waals surface area contributed by atoms with E-state index in [4.69, 9.17) is 27.9 Å². The second kappa shape index (κ2) is 11.4. The quantitative estimate of drug-likeness (QED) is 0.388. The molecule has 3 aromatic rings. The Morgan fingerprint density at radius 2 is 1.68 bits per heavy atom. The highest BCUT2D eigenvalue weighted by atomic mass is 35.5. The van der Waals surface area contributed by atoms with Gasteiger partial charge >= 0.3 is 6.03 Å². The van der Waals surface area contributed by atoms with Crippen LogP contribution in [-0.4, -0.2) is 37.9 Å². The van der Waals surface area contributed by atoms with Gasteiger partial charge in [-0.05, 0) is 68.3 Å². The van der Waals surface area contributed by atoms with Crippen LogP contribution in [0.5, 0.6) is 11.5 Å². The maximum atomic E-state index is 13.6. The Kier molecular flexibility index (Phi) is 8.25. The number of rotatable bonds is 6. The third kappa shape index (κ3) is 6.73. The van der Waals surface area contributed by atoms with Crippen LogP contribution in [0.4, 0.5) is 10.5 Å². The first kappa shape index (κ1) is 26.8. The first-order chi connectivity index (χ1) is 17.6. The number of hydrogen-bond donors (Lipinski definition) is 2. The molecule has 1 fully saturated rings. The number of aryl methyl sites for hydroxylation is 1. The fourth-order valence-corrected chi connectivity index (χ4v) is 6.06. The lowest BCUT2D eigenvalue weighted by Gasteiger charge is -2.32. The molecule has 0 saturated carbocycles. The first-order valence-electron chi connectivity index (χ1n) is 11.5. The molecule has 0 spiro atoms. The number of hydrogen-bond acceptors (Lipinski definition) is 5. The van der Waals surface area contributed by atoms with E-state index in [9.17, 15) is 18.5 Å². The highest BCUT2D eigenvalue weighted by molar-refractivity contribution is 7.89. The fraction of sp³-hybridized carbons (Fsp3) is 0.231. The van der Waals surface area contributed by atoms with E-state index in [0.717, 1.165) is 5.56 Å². The van der Waals surface area contributed by atoms with Gasteiger partial charge in [-0.15, -0.1) is 0 Å². The van der Waals surface area contributed by atoms with Gasteiger partial charge in [-0.1, -0.05) is 40.9 Å². The number of carbonyl (C=O) groups is 1. The van der Waals surface area contributed by atoms with Gasteiger partial charge in [0.2, 0.25) is 10.0 Å². The Hall–Kier alpha value is -3.29. The molecular weight excluding hydrogens is 535 g/mol. The summed E-state index contributed by atoms with van der Waals surface area (Å²) in [5.74, 6) is 0.316. The van der Waals surface area contributed by atoms with E-state index in [2.05, 4.69) is 10.6 Å². The molecule has 192 valence electrons. The van der Waals surface area contributed by atoms with Gasteiger partial charge in [-0.2, -0.15) is 9.57 Å². The van der Waals surface area contributed by atoms with E-state index in [1.807, 2.05) is 37.3 Å². The molecule has 0 aliphatic carbocycles. The SMILES string of the molecule is Cc1ccc(NC(=O)NC2CCN(S(=O)(=O)c3cc(C#N)ccc3Oc3cc(Cl)cc(Cl)c3)CC2)cc1. The van der Waals surface area contributed by atoms with Crippen molar-refractivity contribution in [2.24, 2.45) is 0 Å². The zero-order valence-electron chi connectivity index (χ0n) is 19.9. The van der Waals surface area contributed by atoms with Crippen LogP contribution in [-0.2, 0) is 10.0 Å². The zero-order chi connectivity index (χ0) is 26.6. The largest absolute Gasteiger partial charge is 0.456 e. The van der Waals surface area contributed by atoms with Crippen LogP contribution in [0.15, 0.2) is 65.6 Å². The van der Waals surface area contributed by atoms with Crippen LogP contribution in [0.25, 0.3) is 0 Å². The number of ether oxygens (including phenoxy) is 1. The third-order valence-electron chi connectivity index (χ3n) is 5.85. The highest BCUT2D eigenvalue weighted by Gasteiger charge is 2.32. The van der Waals surface area contributed by atoms with Crippen LogP contribution < -0.4 is 15.4 Å². The number of piperidine rings is 1. The summed E-state index contributed by atoms with van der Waals surface area (Å²) in [5, 5.41) is 15.7. The monoisotopic (exact) mass is 558 g/mol. The van der Waals surface area contributed by atoms with E-state index in [1.165, 1.54) is 40.7 Å². The fourth-order valence-electron chi connectivity index (χ4n) is 3.95. The third-order valence-corrected chi connectivity index (χ3v) is 8.21. The molecule has 37 heavy (non-hydrogen) atoms. The minimum Gasteiger partial charge on any atom is -0.456 e. The lowest BCUT2D eigenvalue weighted by atomic mass is 10.1. The molecule has 1 aliphatic heterocycles. The van der Waals surface area contributed by atoms with Gasteiger partial charge in [-0.3, -0.25) is 0 Å². The summed E-state index contributed by atoms with van der Waals surface area (Å²) in [6.07, 6.45) is 0.858. The molecule has 4 rings (SSSR count). The number of nitrogens with one attached hydrogen (secondary N) is 2. The summed E-state index contributed by atoms with van der Waals surface area (Å²) in [6, 6.07) is 17.6. The molecule has 0 bridgehead atoms. The van der Waals surface area contributed by atoms with Crippen molar-refractivity contribution < 1.29 is 17.9 Å². The number of nitrogens with zero attached hydrogens (tertiary/aromatic N) is 2. The highest BCUT2D eigenvalue weighted by Crippen LogP contribution is 2.35. The number of benzene rings is 3. The van der Waals surface area contributed by atoms with Gasteiger partial charge in [0.25, 0.3) is 0 Å². The van der Waals surface area contributed by atoms with Gasteiger partial charge in [0, 0.05) is 34.9 Å². The minimum absolute atomic E-state index is 0.0510. The van der Waals surface area contributed by atoms with Crippen LogP contribution in [0.2, 0.25) is 10.0 Å². The minimum atomic E-state index is -4.01. The number of sulfonamides is 1. The van der Waals surface area contributed by atoms with Crippen molar-refractivity contribution >= 4 is 44.9 Å². The van der Waals surface area contributed by atoms with Gasteiger partial charge in [-0.25, -0.2) is 13.2 Å². The summed E-state index contributed by atoms with van der Waals surface area (Å²) in [6.45, 7) is 2.35. The van der Waals surface area contributed by atoms with E-state index in [1.54, 1.807) is 0 Å². The van der Waals surface area contributed by atoms with Crippen molar-refractivity contribution in [1.29, 1.82) is 5.26 Å². The number of carbonyl (C=O) groups excluding carboxylic acids is 1. The number of nitriles is 1. The standard InChI is InChI=1S/C26H24Cl2N4O4S/c1-17-2-5-21(6-3-17)30-26(33)31-22-8-10-32(11-9-22)37(34,35)25-12-18(16-29)4-7-24(25)36-23-14-19(27)13-20(28)15-23/h2-7,12-15,22H,8-11H2,1H3,(H2,30,31,33). The lowest BCUT2D eigenvalue weighted by Crippen LogP contribution is -2.47. The van der Waals surface area contributed by atoms with Crippen molar-refractivity contribution in [3.63, 3.8) is 0 Å². The van der Waals surface area contributed by atoms with Gasteiger partial charge < -0.3 is 15.4 Å². The molecule has 2 amide bonds. The molecule has 3 aromatic carbocycles. The topological polar surface area (TPSA) is 112 Å². The zero-order valence-corrected chi connectivity index (χ0v) is 22.2. The molecule has 0 unspecified atom stereocenters. The van der Waals surface area contributed by atoms with Crippen LogP contribution >= 0.6 is 23.2 Å². The average Bonchev–Trinajstić information content (AvgIpc) is 2.85. The number of halogens is 2. The van der Waals surface area contributed by atoms with Crippen molar-refractivity contribution in [3.8, 4) is 17.6 Å². The Balaban J connectivity index is 1.46. The molecular formula is C26H24Cl2N4O4S. The molecule has 2 N–H and O–H groups in total. The molecule has 0 radical (unpaired) electrons. The summed E-state index contributed by atoms with van der Waals surface area (Å²) >= 11 is 12.1. The normalized spacial score (nSPS) is 14.5. The summed E-state index contributed by atoms with van der Waals surface area (Å²) in [4.78, 5) is 12.2. The molecule has 0 atom stereocenters. The second-order valence-corrected chi connectivity index (χ2v) is 11.4. The molecule has 1 saturated heterocycles. The predicted octanol–water partition coefficient (Wildman–Crippen LogP) is 5.94. The average molecular weight is 559 g/mol. The molecule has 1 heterocycles. The molecule has 0 aromatic heterocycles. The Morgan fingerprint density at radius 1 is 1.03 bits per heavy atom.